The van der Waals surface area contributed by atoms with Crippen LogP contribution < -0.4 is 0 Å². The van der Waals surface area contributed by atoms with E-state index >= 15 is 0 Å². The van der Waals surface area contributed by atoms with Gasteiger partial charge in [-0.2, -0.15) is 0 Å². The molecule has 0 heterocycles. The summed E-state index contributed by atoms with van der Waals surface area (Å²) in [5, 5.41) is 4.95. The Labute approximate surface area is 160 Å². The Balaban J connectivity index is 1.56. The molecule has 4 aromatic rings. The molecule has 0 unspecified atom stereocenters. The number of benzene rings is 4. The first-order valence-electron chi connectivity index (χ1n) is 7.47. The fourth-order valence-corrected chi connectivity index (χ4v) is 5.04. The normalized spacial score (nSPS) is 11.2. The molecule has 4 heteroatoms. The highest BCUT2D eigenvalue weighted by atomic mass is 33.1. The molecule has 0 aliphatic rings. The molecule has 24 heavy (non-hydrogen) atoms. The average Bonchev–Trinajstić information content (AvgIpc) is 2.60. The summed E-state index contributed by atoms with van der Waals surface area (Å²) in [6.07, 6.45) is 0. The lowest BCUT2D eigenvalue weighted by Gasteiger charge is -2.06. The van der Waals surface area contributed by atoms with Crippen molar-refractivity contribution in [2.75, 3.05) is 0 Å². The summed E-state index contributed by atoms with van der Waals surface area (Å²) in [5.74, 6) is 0. The molecule has 118 valence electrons. The van der Waals surface area contributed by atoms with Gasteiger partial charge in [-0.05, 0) is 70.1 Å². The van der Waals surface area contributed by atoms with E-state index < -0.39 is 0 Å². The summed E-state index contributed by atoms with van der Waals surface area (Å²) < 4.78 is 0. The van der Waals surface area contributed by atoms with E-state index in [1.807, 2.05) is 12.1 Å². The minimum atomic E-state index is 0.998. The van der Waals surface area contributed by atoms with E-state index in [0.29, 0.717) is 0 Å². The number of fused-ring (bicyclic) bond motifs is 2. The molecule has 0 N–H and O–H groups in total. The highest BCUT2D eigenvalue weighted by Gasteiger charge is 2.02. The van der Waals surface area contributed by atoms with Crippen LogP contribution in [0.5, 0.6) is 0 Å². The monoisotopic (exact) mass is 382 g/mol. The first-order valence-corrected chi connectivity index (χ1v) is 10.5. The van der Waals surface area contributed by atoms with Gasteiger partial charge in [0.1, 0.15) is 0 Å². The molecule has 0 radical (unpaired) electrons. The second-order valence-electron chi connectivity index (χ2n) is 5.55. The molecular formula is C20H14S4. The van der Waals surface area contributed by atoms with Crippen LogP contribution in [-0.2, 0) is 0 Å². The fraction of sp³-hybridized carbons (Fsp3) is 0. The number of hydrogen-bond donors (Lipinski definition) is 2. The van der Waals surface area contributed by atoms with Crippen molar-refractivity contribution in [2.24, 2.45) is 0 Å². The first kappa shape index (κ1) is 16.3. The van der Waals surface area contributed by atoms with Gasteiger partial charge in [0.25, 0.3) is 0 Å². The highest BCUT2D eigenvalue weighted by Crippen LogP contribution is 2.39. The summed E-state index contributed by atoms with van der Waals surface area (Å²) in [7, 11) is 3.57. The SMILES string of the molecule is Sc1ccc2cc(SSc3ccc4cc(S)ccc4c3)ccc2c1. The van der Waals surface area contributed by atoms with E-state index in [-0.39, 0.29) is 0 Å². The van der Waals surface area contributed by atoms with Crippen LogP contribution >= 0.6 is 46.8 Å². The second kappa shape index (κ2) is 6.96. The zero-order valence-electron chi connectivity index (χ0n) is 12.6. The third-order valence-corrected chi connectivity index (χ3v) is 6.76. The molecule has 4 rings (SSSR count). The number of hydrogen-bond acceptors (Lipinski definition) is 4. The van der Waals surface area contributed by atoms with Gasteiger partial charge in [-0.3, -0.25) is 0 Å². The van der Waals surface area contributed by atoms with Crippen molar-refractivity contribution in [1.82, 2.24) is 0 Å². The highest BCUT2D eigenvalue weighted by molar-refractivity contribution is 8.76. The van der Waals surface area contributed by atoms with Crippen LogP contribution in [0.15, 0.2) is 92.4 Å². The Kier molecular flexibility index (Phi) is 4.72. The first-order chi connectivity index (χ1) is 11.7. The summed E-state index contributed by atoms with van der Waals surface area (Å²) in [5.41, 5.74) is 0. The van der Waals surface area contributed by atoms with E-state index in [0.717, 1.165) is 9.79 Å². The molecule has 4 aromatic carbocycles. The molecule has 0 aliphatic carbocycles. The third kappa shape index (κ3) is 3.57. The molecule has 0 saturated heterocycles. The van der Waals surface area contributed by atoms with Crippen LogP contribution in [0, 0.1) is 0 Å². The molecule has 0 aromatic heterocycles. The van der Waals surface area contributed by atoms with E-state index in [9.17, 15) is 0 Å². The Morgan fingerprint density at radius 1 is 0.458 bits per heavy atom. The van der Waals surface area contributed by atoms with Crippen molar-refractivity contribution in [2.45, 2.75) is 19.6 Å². The molecule has 0 bridgehead atoms. The summed E-state index contributed by atoms with van der Waals surface area (Å²) in [4.78, 5) is 4.51. The maximum Gasteiger partial charge on any atom is 0.0192 e. The van der Waals surface area contributed by atoms with Crippen LogP contribution in [0.25, 0.3) is 21.5 Å². The lowest BCUT2D eigenvalue weighted by molar-refractivity contribution is 1.47. The zero-order chi connectivity index (χ0) is 16.5. The average molecular weight is 383 g/mol. The number of thiol groups is 2. The van der Waals surface area contributed by atoms with Crippen LogP contribution in [0.4, 0.5) is 0 Å². The van der Waals surface area contributed by atoms with Crippen molar-refractivity contribution in [3.05, 3.63) is 72.8 Å². The van der Waals surface area contributed by atoms with E-state index in [2.05, 4.69) is 85.9 Å². The largest absolute Gasteiger partial charge is 0.143 e. The predicted octanol–water partition coefficient (Wildman–Crippen LogP) is 7.37. The van der Waals surface area contributed by atoms with Gasteiger partial charge in [0.05, 0.1) is 0 Å². The van der Waals surface area contributed by atoms with E-state index in [1.165, 1.54) is 31.3 Å². The fourth-order valence-electron chi connectivity index (χ4n) is 2.62. The Morgan fingerprint density at radius 2 is 0.833 bits per heavy atom. The summed E-state index contributed by atoms with van der Waals surface area (Å²) in [6, 6.07) is 25.6. The Hall–Kier alpha value is -1.20. The van der Waals surface area contributed by atoms with Crippen molar-refractivity contribution < 1.29 is 0 Å². The van der Waals surface area contributed by atoms with E-state index in [1.54, 1.807) is 21.6 Å². The van der Waals surface area contributed by atoms with Crippen molar-refractivity contribution in [3.63, 3.8) is 0 Å². The smallest absolute Gasteiger partial charge is 0.0192 e. The van der Waals surface area contributed by atoms with Gasteiger partial charge in [0.2, 0.25) is 0 Å². The maximum atomic E-state index is 4.40. The molecule has 0 aliphatic heterocycles. The van der Waals surface area contributed by atoms with Crippen LogP contribution in [0.3, 0.4) is 0 Å². The molecule has 0 saturated carbocycles. The summed E-state index contributed by atoms with van der Waals surface area (Å²) >= 11 is 8.79. The molecule has 0 fully saturated rings. The molecule has 0 amide bonds. The van der Waals surface area contributed by atoms with Gasteiger partial charge in [-0.25, -0.2) is 0 Å². The third-order valence-electron chi connectivity index (χ3n) is 3.82. The van der Waals surface area contributed by atoms with Crippen molar-refractivity contribution >= 4 is 68.4 Å². The van der Waals surface area contributed by atoms with Gasteiger partial charge < -0.3 is 0 Å². The van der Waals surface area contributed by atoms with Crippen LogP contribution in [-0.4, -0.2) is 0 Å². The number of rotatable bonds is 3. The van der Waals surface area contributed by atoms with Gasteiger partial charge in [-0.1, -0.05) is 45.9 Å². The lowest BCUT2D eigenvalue weighted by Crippen LogP contribution is -1.76. The topological polar surface area (TPSA) is 0 Å². The van der Waals surface area contributed by atoms with Gasteiger partial charge in [0, 0.05) is 19.6 Å². The standard InChI is InChI=1S/C20H14S4/c21-17-5-1-15-11-19(7-3-13(15)9-17)23-24-20-8-4-14-10-18(22)6-2-16(14)12-20/h1-12,21-22H. The van der Waals surface area contributed by atoms with E-state index in [4.69, 9.17) is 0 Å². The predicted molar refractivity (Wildman–Crippen MR) is 114 cm³/mol. The van der Waals surface area contributed by atoms with Gasteiger partial charge in [-0.15, -0.1) is 25.3 Å². The second-order valence-corrected chi connectivity index (χ2v) is 8.86. The van der Waals surface area contributed by atoms with Crippen LogP contribution in [0.2, 0.25) is 0 Å². The minimum absolute atomic E-state index is 0.998. The molecule has 0 nitrogen and oxygen atoms in total. The minimum Gasteiger partial charge on any atom is -0.143 e. The quantitative estimate of drug-likeness (QED) is 0.280. The molecular weight excluding hydrogens is 368 g/mol. The maximum absolute atomic E-state index is 4.40. The lowest BCUT2D eigenvalue weighted by atomic mass is 10.1. The summed E-state index contributed by atoms with van der Waals surface area (Å²) in [6.45, 7) is 0. The van der Waals surface area contributed by atoms with Crippen LogP contribution in [0.1, 0.15) is 0 Å². The Morgan fingerprint density at radius 3 is 1.29 bits per heavy atom. The van der Waals surface area contributed by atoms with Gasteiger partial charge >= 0.3 is 0 Å². The van der Waals surface area contributed by atoms with Crippen molar-refractivity contribution in [3.8, 4) is 0 Å². The van der Waals surface area contributed by atoms with Gasteiger partial charge in [0.15, 0.2) is 0 Å². The zero-order valence-corrected chi connectivity index (χ0v) is 16.1. The Bertz CT molecular complexity index is 955. The molecule has 0 spiro atoms. The molecule has 0 atom stereocenters. The van der Waals surface area contributed by atoms with Crippen molar-refractivity contribution in [1.29, 1.82) is 0 Å².